The number of aromatic nitrogens is 2. The number of hydrogen-bond donors (Lipinski definition) is 1. The summed E-state index contributed by atoms with van der Waals surface area (Å²) in [5, 5.41) is 0. The minimum absolute atomic E-state index is 0.102. The van der Waals surface area contributed by atoms with Crippen molar-refractivity contribution in [2.75, 3.05) is 12.8 Å². The molecule has 0 saturated heterocycles. The lowest BCUT2D eigenvalue weighted by Crippen LogP contribution is -1.93. The van der Waals surface area contributed by atoms with Crippen molar-refractivity contribution in [2.24, 2.45) is 0 Å². The maximum Gasteiger partial charge on any atom is 0.233 e. The van der Waals surface area contributed by atoms with Crippen LogP contribution in [0.3, 0.4) is 0 Å². The molecule has 0 atom stereocenters. The van der Waals surface area contributed by atoms with Crippen LogP contribution in [0.25, 0.3) is 0 Å². The van der Waals surface area contributed by atoms with Crippen LogP contribution in [0.1, 0.15) is 4.11 Å². The highest BCUT2D eigenvalue weighted by Gasteiger charge is 1.90. The van der Waals surface area contributed by atoms with Crippen molar-refractivity contribution >= 4 is 5.82 Å². The monoisotopic (exact) mass is 128 g/mol. The average molecular weight is 128 g/mol. The van der Waals surface area contributed by atoms with Crippen molar-refractivity contribution in [1.82, 2.24) is 9.97 Å². The zero-order valence-electron chi connectivity index (χ0n) is 7.53. The number of rotatable bonds is 1. The standard InChI is InChI=1S/C5H7N3O/c1-9-5-3-7-2-4(6)8-5/h2-3H,1H3,(H2,6,8)/i1D3. The van der Waals surface area contributed by atoms with Gasteiger partial charge in [-0.15, -0.1) is 0 Å². The lowest BCUT2D eigenvalue weighted by atomic mass is 10.7. The Balaban J connectivity index is 2.77. The van der Waals surface area contributed by atoms with Gasteiger partial charge in [-0.2, -0.15) is 4.98 Å². The number of hydrogen-bond acceptors (Lipinski definition) is 4. The topological polar surface area (TPSA) is 61.0 Å². The van der Waals surface area contributed by atoms with Crippen LogP contribution in [0.4, 0.5) is 5.82 Å². The molecule has 1 rings (SSSR count). The van der Waals surface area contributed by atoms with Crippen molar-refractivity contribution < 1.29 is 8.85 Å². The van der Waals surface area contributed by atoms with E-state index in [4.69, 9.17) is 9.85 Å². The SMILES string of the molecule is [2H]C([2H])([2H])Oc1cncc(N)n1. The molecular weight excluding hydrogens is 118 g/mol. The Hall–Kier alpha value is -1.32. The summed E-state index contributed by atoms with van der Waals surface area (Å²) < 4.78 is 24.7. The minimum Gasteiger partial charge on any atom is -0.480 e. The molecule has 0 fully saturated rings. The van der Waals surface area contributed by atoms with Crippen molar-refractivity contribution in [3.05, 3.63) is 12.4 Å². The fourth-order valence-electron chi connectivity index (χ4n) is 0.412. The molecule has 9 heavy (non-hydrogen) atoms. The van der Waals surface area contributed by atoms with Crippen LogP contribution >= 0.6 is 0 Å². The summed E-state index contributed by atoms with van der Waals surface area (Å²) in [7, 11) is -2.51. The largest absolute Gasteiger partial charge is 0.480 e. The number of nitrogens with two attached hydrogens (primary N) is 1. The molecule has 0 spiro atoms. The van der Waals surface area contributed by atoms with Crippen molar-refractivity contribution in [3.63, 3.8) is 0 Å². The van der Waals surface area contributed by atoms with E-state index in [9.17, 15) is 0 Å². The lowest BCUT2D eigenvalue weighted by molar-refractivity contribution is 0.396. The van der Waals surface area contributed by atoms with Crippen LogP contribution in [0.15, 0.2) is 12.4 Å². The second-order valence-electron chi connectivity index (χ2n) is 1.38. The molecule has 1 aromatic heterocycles. The summed E-state index contributed by atoms with van der Waals surface area (Å²) in [6.45, 7) is 0. The van der Waals surface area contributed by atoms with E-state index in [1.165, 1.54) is 12.4 Å². The second-order valence-corrected chi connectivity index (χ2v) is 1.38. The lowest BCUT2D eigenvalue weighted by Gasteiger charge is -1.95. The Labute approximate surface area is 56.9 Å². The summed E-state index contributed by atoms with van der Waals surface area (Å²) in [6, 6.07) is 0. The third kappa shape index (κ3) is 1.28. The summed E-state index contributed by atoms with van der Waals surface area (Å²) >= 11 is 0. The Morgan fingerprint density at radius 1 is 1.78 bits per heavy atom. The zero-order chi connectivity index (χ0) is 9.19. The van der Waals surface area contributed by atoms with Crippen molar-refractivity contribution in [3.8, 4) is 5.88 Å². The van der Waals surface area contributed by atoms with Gasteiger partial charge in [0.15, 0.2) is 0 Å². The van der Waals surface area contributed by atoms with Gasteiger partial charge in [0.2, 0.25) is 5.88 Å². The highest BCUT2D eigenvalue weighted by molar-refractivity contribution is 5.25. The van der Waals surface area contributed by atoms with E-state index < -0.39 is 7.04 Å². The van der Waals surface area contributed by atoms with E-state index >= 15 is 0 Å². The molecule has 48 valence electrons. The Bertz CT molecular complexity index is 275. The van der Waals surface area contributed by atoms with Gasteiger partial charge in [-0.3, -0.25) is 4.98 Å². The molecule has 0 aliphatic rings. The van der Waals surface area contributed by atoms with E-state index in [1.807, 2.05) is 0 Å². The quantitative estimate of drug-likeness (QED) is 0.581. The van der Waals surface area contributed by atoms with Gasteiger partial charge in [0.05, 0.1) is 23.5 Å². The third-order valence-corrected chi connectivity index (χ3v) is 0.736. The van der Waals surface area contributed by atoms with Crippen LogP contribution in [0.2, 0.25) is 0 Å². The first-order chi connectivity index (χ1) is 5.47. The third-order valence-electron chi connectivity index (χ3n) is 0.736. The van der Waals surface area contributed by atoms with Gasteiger partial charge in [0.1, 0.15) is 5.82 Å². The van der Waals surface area contributed by atoms with Gasteiger partial charge in [-0.1, -0.05) is 0 Å². The molecule has 1 aromatic rings. The Kier molecular flexibility index (Phi) is 0.768. The van der Waals surface area contributed by atoms with Gasteiger partial charge >= 0.3 is 0 Å². The molecule has 2 N–H and O–H groups in total. The highest BCUT2D eigenvalue weighted by Crippen LogP contribution is 2.03. The molecule has 0 amide bonds. The highest BCUT2D eigenvalue weighted by atomic mass is 16.5. The van der Waals surface area contributed by atoms with E-state index in [-0.39, 0.29) is 11.7 Å². The first kappa shape index (κ1) is 3.00. The van der Waals surface area contributed by atoms with Crippen LogP contribution in [-0.4, -0.2) is 17.0 Å². The maximum atomic E-state index is 6.74. The normalized spacial score (nSPS) is 15.3. The number of anilines is 1. The predicted molar refractivity (Wildman–Crippen MR) is 33.0 cm³/mol. The van der Waals surface area contributed by atoms with E-state index in [0.717, 1.165) is 0 Å². The molecule has 0 unspecified atom stereocenters. The van der Waals surface area contributed by atoms with Gasteiger partial charge in [-0.25, -0.2) is 0 Å². The summed E-state index contributed by atoms with van der Waals surface area (Å²) in [6.07, 6.45) is 2.48. The first-order valence-electron chi connectivity index (χ1n) is 3.74. The molecule has 4 heteroatoms. The average Bonchev–Trinajstić information content (AvgIpc) is 1.82. The smallest absolute Gasteiger partial charge is 0.233 e. The molecule has 0 bridgehead atoms. The fraction of sp³-hybridized carbons (Fsp3) is 0.200. The van der Waals surface area contributed by atoms with Crippen LogP contribution in [0.5, 0.6) is 5.88 Å². The minimum atomic E-state index is -2.51. The molecule has 0 aliphatic carbocycles. The molecule has 1 heterocycles. The number of methoxy groups -OCH3 is 1. The predicted octanol–water partition coefficient (Wildman–Crippen LogP) is 0.0674. The fourth-order valence-corrected chi connectivity index (χ4v) is 0.412. The molecule has 0 aromatic carbocycles. The van der Waals surface area contributed by atoms with E-state index in [0.29, 0.717) is 0 Å². The number of nitrogens with zero attached hydrogens (tertiary/aromatic N) is 2. The molecule has 4 nitrogen and oxygen atoms in total. The van der Waals surface area contributed by atoms with E-state index in [1.54, 1.807) is 0 Å². The van der Waals surface area contributed by atoms with Gasteiger partial charge in [0.25, 0.3) is 0 Å². The van der Waals surface area contributed by atoms with Gasteiger partial charge in [0, 0.05) is 0 Å². The van der Waals surface area contributed by atoms with Crippen LogP contribution < -0.4 is 10.5 Å². The van der Waals surface area contributed by atoms with Crippen molar-refractivity contribution in [2.45, 2.75) is 0 Å². The van der Waals surface area contributed by atoms with Crippen molar-refractivity contribution in [1.29, 1.82) is 0 Å². The Morgan fingerprint density at radius 3 is 3.33 bits per heavy atom. The maximum absolute atomic E-state index is 6.74. The molecule has 0 aliphatic heterocycles. The second kappa shape index (κ2) is 2.30. The van der Waals surface area contributed by atoms with Crippen LogP contribution in [-0.2, 0) is 0 Å². The van der Waals surface area contributed by atoms with E-state index in [2.05, 4.69) is 14.7 Å². The Morgan fingerprint density at radius 2 is 2.67 bits per heavy atom. The van der Waals surface area contributed by atoms with Crippen LogP contribution in [0, 0.1) is 0 Å². The molecular formula is C5H7N3O. The number of nitrogen functional groups attached to an aromatic ring is 1. The summed E-state index contributed by atoms with van der Waals surface area (Å²) in [4.78, 5) is 7.20. The molecule has 0 radical (unpaired) electrons. The summed E-state index contributed by atoms with van der Waals surface area (Å²) in [5.74, 6) is 0.0201. The van der Waals surface area contributed by atoms with Gasteiger partial charge < -0.3 is 10.5 Å². The zero-order valence-corrected chi connectivity index (χ0v) is 4.53. The van der Waals surface area contributed by atoms with Gasteiger partial charge in [-0.05, 0) is 0 Å². The molecule has 0 saturated carbocycles. The first-order valence-corrected chi connectivity index (χ1v) is 2.24. The summed E-state index contributed by atoms with van der Waals surface area (Å²) in [5.41, 5.74) is 5.24. The number of ether oxygens (including phenoxy) is 1.